The molecule has 26 nitrogen and oxygen atoms in total. The summed E-state index contributed by atoms with van der Waals surface area (Å²) in [5, 5.41) is 29.1. The van der Waals surface area contributed by atoms with Gasteiger partial charge in [0.05, 0.1) is 55.3 Å². The number of alkyl carbamates (subject to hydrolysis) is 1. The van der Waals surface area contributed by atoms with Crippen molar-refractivity contribution in [2.45, 2.75) is 176 Å². The van der Waals surface area contributed by atoms with E-state index >= 15 is 4.79 Å². The fourth-order valence-corrected chi connectivity index (χ4v) is 15.2. The molecule has 5 aromatic rings. The number of urea groups is 1. The standard InChI is InChI=1S/C77H97N10O16PS/c1-41(2)63(84-57(88)20-13-12-14-33-87-58(89)27-28-59(87)90)74(96)83-54(19-16-32-79-75(78)97)73(95)80-50-23-21-49(22-24-50)40-100-76(98)81-51-29-34-86(35-30-51)52-25-26-53-56(39-52)105-70-64(82-53)60-61-66(91)47(8)69-62(60)71(93)77(10,103-69)101-36-31-55(99-11)46(7)68(102-48(9)104)45(6)38-43(4)37-42(3)17-15-18-44(5)72(94)85-65(70)67(61)92/h15,17-18,21-28,31,36,39,41-43,45-46,51,54-55,63,68,92,104H,12-14,16,19-20,29-30,32-35,37-38,40H2,1-11H3,(H,80,95)(H,81,98)(H,83,96)(H,84,88)(H,85,94)(H3,78,79,97)/b17-15+,36-31+,44-18-/t42-,43+,45+,46+,54-,55-,63-,68-,77-/m0/s1. The Morgan fingerprint density at radius 3 is 2.30 bits per heavy atom. The van der Waals surface area contributed by atoms with Crippen LogP contribution in [0.1, 0.15) is 148 Å². The third-order valence-electron chi connectivity index (χ3n) is 19.6. The lowest BCUT2D eigenvalue weighted by Crippen LogP contribution is -2.54. The Morgan fingerprint density at radius 2 is 1.62 bits per heavy atom. The zero-order chi connectivity index (χ0) is 76.1. The molecule has 0 spiro atoms. The van der Waals surface area contributed by atoms with Crippen LogP contribution in [0, 0.1) is 36.5 Å². The van der Waals surface area contributed by atoms with Gasteiger partial charge in [-0.05, 0) is 138 Å². The molecule has 0 radical (unpaired) electrons. The van der Waals surface area contributed by atoms with Gasteiger partial charge in [0.15, 0.2) is 11.2 Å². The summed E-state index contributed by atoms with van der Waals surface area (Å²) in [6, 6.07) is 9.28. The lowest BCUT2D eigenvalue weighted by atomic mass is 9.82. The Hall–Kier alpha value is -9.56. The number of Topliss-reactive ketones (excluding diaryl/α,β-unsaturated/α-hetero) is 1. The van der Waals surface area contributed by atoms with Crippen molar-refractivity contribution in [2.24, 2.45) is 35.3 Å². The van der Waals surface area contributed by atoms with Gasteiger partial charge in [-0.2, -0.15) is 0 Å². The number of piperidine rings is 1. The number of allylic oxidation sites excluding steroid dienone is 3. The van der Waals surface area contributed by atoms with Crippen molar-refractivity contribution in [3.05, 3.63) is 118 Å². The molecule has 5 heterocycles. The number of rotatable bonds is 23. The van der Waals surface area contributed by atoms with Crippen molar-refractivity contribution >= 4 is 127 Å². The predicted molar refractivity (Wildman–Crippen MR) is 406 cm³/mol. The third-order valence-corrected chi connectivity index (χ3v) is 20.9. The highest BCUT2D eigenvalue weighted by Gasteiger charge is 2.49. The first kappa shape index (κ1) is 79.6. The Bertz CT molecular complexity index is 4340. The molecule has 0 saturated carbocycles. The number of carbonyl (C=O) groups excluding carboxylic acids is 9. The molecule has 28 heteroatoms. The number of imide groups is 1. The highest BCUT2D eigenvalue weighted by molar-refractivity contribution is 7.25. The number of aromatic hydroxyl groups is 1. The molecule has 0 unspecified atom stereocenters. The summed E-state index contributed by atoms with van der Waals surface area (Å²) in [6.45, 7) is 19.9. The quantitative estimate of drug-likeness (QED) is 0.00752. The molecule has 4 aromatic carbocycles. The number of unbranched alkanes of at least 4 members (excludes halogenated alkanes) is 2. The number of phenols is 1. The monoisotopic (exact) mass is 1480 g/mol. The van der Waals surface area contributed by atoms with Crippen molar-refractivity contribution in [3.63, 3.8) is 0 Å². The van der Waals surface area contributed by atoms with Crippen LogP contribution in [0.4, 0.5) is 26.7 Å². The van der Waals surface area contributed by atoms with Gasteiger partial charge in [-0.15, -0.1) is 11.3 Å². The number of ether oxygens (including phenoxy) is 5. The van der Waals surface area contributed by atoms with Crippen LogP contribution in [0.2, 0.25) is 0 Å². The van der Waals surface area contributed by atoms with Gasteiger partial charge in [-0.3, -0.25) is 43.3 Å². The van der Waals surface area contributed by atoms with Gasteiger partial charge in [0, 0.05) is 98.6 Å². The molecule has 1 aromatic heterocycles. The highest BCUT2D eigenvalue weighted by atomic mass is 32.1. The first-order valence-electron chi connectivity index (χ1n) is 35.8. The number of ketones is 1. The summed E-state index contributed by atoms with van der Waals surface area (Å²) in [5.41, 5.74) is 8.07. The van der Waals surface area contributed by atoms with E-state index in [1.165, 1.54) is 43.6 Å². The number of nitrogens with two attached hydrogens (primary N) is 1. The number of nitrogens with zero attached hydrogens (tertiary/aromatic N) is 3. The summed E-state index contributed by atoms with van der Waals surface area (Å²) < 4.78 is 31.7. The number of anilines is 3. The largest absolute Gasteiger partial charge is 0.505 e. The maximum absolute atomic E-state index is 15.1. The van der Waals surface area contributed by atoms with Crippen LogP contribution in [0.15, 0.2) is 95.6 Å². The van der Waals surface area contributed by atoms with Gasteiger partial charge in [-0.1, -0.05) is 87.2 Å². The van der Waals surface area contributed by atoms with E-state index in [1.807, 2.05) is 38.1 Å². The number of nitrogens with one attached hydrogen (secondary N) is 6. The lowest BCUT2D eigenvalue weighted by Gasteiger charge is -2.34. The average molecular weight is 1480 g/mol. The Morgan fingerprint density at radius 1 is 0.905 bits per heavy atom. The molecular weight excluding hydrogens is 1380 g/mol. The van der Waals surface area contributed by atoms with E-state index < -0.39 is 70.8 Å². The van der Waals surface area contributed by atoms with Gasteiger partial charge in [0.25, 0.3) is 23.5 Å². The molecule has 1 fully saturated rings. The number of benzene rings is 4. The van der Waals surface area contributed by atoms with E-state index in [4.69, 9.17) is 34.4 Å². The van der Waals surface area contributed by atoms with E-state index in [9.17, 15) is 48.3 Å². The highest BCUT2D eigenvalue weighted by Crippen LogP contribution is 2.50. The second-order valence-corrected chi connectivity index (χ2v) is 30.1. The number of phenolic OH excluding ortho intramolecular Hbond substituents is 1. The molecule has 9 N–H and O–H groups in total. The number of carbonyl (C=O) groups is 9. The minimum absolute atomic E-state index is 0.00942. The molecule has 4 bridgehead atoms. The molecule has 9 amide bonds. The van der Waals surface area contributed by atoms with Gasteiger partial charge in [0.1, 0.15) is 30.1 Å². The van der Waals surface area contributed by atoms with Crippen molar-refractivity contribution in [3.8, 4) is 11.5 Å². The molecule has 9 rings (SSSR count). The van der Waals surface area contributed by atoms with Crippen LogP contribution in [0.25, 0.3) is 31.2 Å². The maximum Gasteiger partial charge on any atom is 0.407 e. The number of hydrogen-bond donors (Lipinski definition) is 8. The first-order valence-corrected chi connectivity index (χ1v) is 37.1. The van der Waals surface area contributed by atoms with Crippen LogP contribution in [0.3, 0.4) is 0 Å². The molecule has 562 valence electrons. The van der Waals surface area contributed by atoms with Gasteiger partial charge >= 0.3 is 17.9 Å². The summed E-state index contributed by atoms with van der Waals surface area (Å²) in [6.07, 6.45) is 14.6. The number of methoxy groups -OCH3 is 1. The Labute approximate surface area is 616 Å². The SMILES string of the molecule is CO[C@H]1/C=C/O[C@@]2(C)Oc3c(C)c(=O)c4c(O)c(c5sc6cc(N7CCC(NC(=O)OCc8ccc(NC(=O)[C@H](CCCNC(N)=O)NC(=O)[C@@H](NC(=O)CCCCCN9C(=O)C=CC9=O)C(C)C)cc8)CC7)ccc6nc5c4c3C2=O)NC(=O)/C(C)=C\C=C\[C@H](C)C[C@@H](C)C[C@@H](C)[C@H](OC(C)=P)[C@@H]1C. The molecule has 4 aliphatic heterocycles. The number of amides is 9. The third kappa shape index (κ3) is 19.7. The maximum atomic E-state index is 15.1. The van der Waals surface area contributed by atoms with Crippen LogP contribution in [-0.4, -0.2) is 143 Å². The van der Waals surface area contributed by atoms with E-state index in [1.54, 1.807) is 64.3 Å². The zero-order valence-corrected chi connectivity index (χ0v) is 63.2. The van der Waals surface area contributed by atoms with Crippen molar-refractivity contribution in [1.29, 1.82) is 0 Å². The second kappa shape index (κ2) is 35.5. The number of primary amides is 1. The smallest absolute Gasteiger partial charge is 0.407 e. The minimum Gasteiger partial charge on any atom is -0.505 e. The van der Waals surface area contributed by atoms with E-state index in [2.05, 4.69) is 72.5 Å². The van der Waals surface area contributed by atoms with Crippen molar-refractivity contribution in [2.75, 3.05) is 48.8 Å². The Kier molecular flexibility index (Phi) is 26.9. The topological polar surface area (TPSA) is 355 Å². The van der Waals surface area contributed by atoms with E-state index in [0.29, 0.717) is 88.3 Å². The lowest BCUT2D eigenvalue weighted by molar-refractivity contribution is -0.137. The molecular formula is C77H97N10O16PS. The Balaban J connectivity index is 0.862. The molecule has 0 aliphatic carbocycles. The summed E-state index contributed by atoms with van der Waals surface area (Å²) in [7, 11) is 5.17. The fourth-order valence-electron chi connectivity index (χ4n) is 13.9. The number of aromatic nitrogens is 1. The molecule has 9 atom stereocenters. The normalized spacial score (nSPS) is 22.8. The number of hydrogen-bond acceptors (Lipinski definition) is 19. The van der Waals surface area contributed by atoms with Crippen LogP contribution >= 0.6 is 20.2 Å². The first-order chi connectivity index (χ1) is 49.9. The average Bonchev–Trinajstić information content (AvgIpc) is 1.64. The van der Waals surface area contributed by atoms with E-state index in [0.717, 1.165) is 23.4 Å². The van der Waals surface area contributed by atoms with E-state index in [-0.39, 0.29) is 131 Å². The second-order valence-electron chi connectivity index (χ2n) is 28.3. The molecule has 4 aliphatic rings. The summed E-state index contributed by atoms with van der Waals surface area (Å²) >= 11 is 1.22. The zero-order valence-electron chi connectivity index (χ0n) is 61.4. The summed E-state index contributed by atoms with van der Waals surface area (Å²) in [4.78, 5) is 142. The van der Waals surface area contributed by atoms with Gasteiger partial charge < -0.3 is 71.3 Å². The van der Waals surface area contributed by atoms with Crippen LogP contribution < -0.4 is 52.7 Å². The number of fused-ring (bicyclic) bond motifs is 2. The minimum atomic E-state index is -1.97. The predicted octanol–water partition coefficient (Wildman–Crippen LogP) is 10.7. The fraction of sp³-hybridized carbons (Fsp3) is 0.481. The molecule has 105 heavy (non-hydrogen) atoms. The molecule has 1 saturated heterocycles. The summed E-state index contributed by atoms with van der Waals surface area (Å²) in [5.74, 6) is -5.96. The van der Waals surface area contributed by atoms with Gasteiger partial charge in [0.2, 0.25) is 17.7 Å². The van der Waals surface area contributed by atoms with Crippen molar-refractivity contribution < 1.29 is 71.9 Å². The van der Waals surface area contributed by atoms with Crippen LogP contribution in [-0.2, 0) is 54.3 Å². The van der Waals surface area contributed by atoms with Crippen molar-refractivity contribution in [1.82, 2.24) is 31.2 Å². The van der Waals surface area contributed by atoms with Crippen LogP contribution in [0.5, 0.6) is 11.5 Å². The van der Waals surface area contributed by atoms with Gasteiger partial charge in [-0.25, -0.2) is 14.6 Å².